The van der Waals surface area contributed by atoms with Crippen LogP contribution in [0.3, 0.4) is 0 Å². The Balaban J connectivity index is 1.10. The summed E-state index contributed by atoms with van der Waals surface area (Å²) < 4.78 is 11.8. The molecule has 2 aliphatic heterocycles. The molecule has 4 aromatic carbocycles. The zero-order valence-corrected chi connectivity index (χ0v) is 34.8. The maximum atomic E-state index is 15.4. The Hall–Kier alpha value is -6.28. The number of azo groups is 1. The molecule has 0 radical (unpaired) electrons. The number of fused-ring (bicyclic) bond motifs is 4. The number of hydrogen-bond donors (Lipinski definition) is 2. The molecule has 3 heterocycles. The molecular formula is C46H40Cl2N6O7. The lowest BCUT2D eigenvalue weighted by Gasteiger charge is -2.49. The molecule has 15 heteroatoms. The van der Waals surface area contributed by atoms with Gasteiger partial charge in [-0.15, -0.1) is 0 Å². The highest BCUT2D eigenvalue weighted by molar-refractivity contribution is 6.36. The second-order valence-electron chi connectivity index (χ2n) is 15.8. The molecule has 3 fully saturated rings. The third kappa shape index (κ3) is 6.59. The van der Waals surface area contributed by atoms with Crippen molar-refractivity contribution in [1.29, 1.82) is 0 Å². The van der Waals surface area contributed by atoms with Gasteiger partial charge in [-0.1, -0.05) is 47.0 Å². The van der Waals surface area contributed by atoms with E-state index in [2.05, 4.69) is 15.7 Å². The summed E-state index contributed by atoms with van der Waals surface area (Å²) in [5.74, 6) is -4.85. The maximum absolute atomic E-state index is 15.4. The number of carbonyl (C=O) groups excluding carboxylic acids is 4. The van der Waals surface area contributed by atoms with Crippen LogP contribution < -0.4 is 20.0 Å². The molecule has 2 saturated heterocycles. The zero-order chi connectivity index (χ0) is 42.7. The van der Waals surface area contributed by atoms with E-state index in [1.807, 2.05) is 49.3 Å². The van der Waals surface area contributed by atoms with Crippen molar-refractivity contribution in [2.45, 2.75) is 30.8 Å². The van der Waals surface area contributed by atoms with E-state index in [-0.39, 0.29) is 35.2 Å². The third-order valence-electron chi connectivity index (χ3n) is 12.5. The number of allylic oxidation sites excluding steroid dienone is 2. The number of nitrogens with zero attached hydrogens (tertiary/aromatic N) is 5. The highest BCUT2D eigenvalue weighted by atomic mass is 35.5. The van der Waals surface area contributed by atoms with Crippen molar-refractivity contribution in [2.24, 2.45) is 33.9 Å². The third-order valence-corrected chi connectivity index (χ3v) is 13.0. The van der Waals surface area contributed by atoms with Crippen molar-refractivity contribution < 1.29 is 33.4 Å². The lowest BCUT2D eigenvalue weighted by Crippen LogP contribution is -2.53. The fourth-order valence-corrected chi connectivity index (χ4v) is 10.1. The first-order valence-electron chi connectivity index (χ1n) is 19.8. The predicted octanol–water partition coefficient (Wildman–Crippen LogP) is 8.76. The first-order valence-corrected chi connectivity index (χ1v) is 20.5. The van der Waals surface area contributed by atoms with Gasteiger partial charge in [0.25, 0.3) is 11.8 Å². The molecule has 2 aliphatic carbocycles. The first-order chi connectivity index (χ1) is 29.4. The molecule has 310 valence electrons. The van der Waals surface area contributed by atoms with Gasteiger partial charge in [-0.3, -0.25) is 29.5 Å². The minimum atomic E-state index is -1.60. The van der Waals surface area contributed by atoms with E-state index in [4.69, 9.17) is 32.4 Å². The number of aliphatic hydroxyl groups is 1. The molecule has 0 unspecified atom stereocenters. The van der Waals surface area contributed by atoms with Crippen LogP contribution in [-0.2, 0) is 31.2 Å². The molecule has 0 spiro atoms. The van der Waals surface area contributed by atoms with Gasteiger partial charge in [0.2, 0.25) is 11.8 Å². The molecule has 2 N–H and O–H groups in total. The van der Waals surface area contributed by atoms with E-state index in [9.17, 15) is 19.5 Å². The molecular weight excluding hydrogens is 819 g/mol. The van der Waals surface area contributed by atoms with E-state index in [0.717, 1.165) is 10.7 Å². The van der Waals surface area contributed by atoms with Gasteiger partial charge in [-0.05, 0) is 115 Å². The molecule has 0 bridgehead atoms. The van der Waals surface area contributed by atoms with Gasteiger partial charge in [0.1, 0.15) is 29.3 Å². The van der Waals surface area contributed by atoms with Crippen LogP contribution in [0.5, 0.6) is 5.75 Å². The smallest absolute Gasteiger partial charge is 0.260 e. The number of aliphatic hydroxyl groups excluding tert-OH is 1. The molecule has 5 aromatic rings. The first kappa shape index (κ1) is 40.1. The molecule has 9 rings (SSSR count). The molecule has 61 heavy (non-hydrogen) atoms. The van der Waals surface area contributed by atoms with E-state index in [0.29, 0.717) is 44.7 Å². The number of imide groups is 2. The number of ether oxygens (including phenoxy) is 1. The summed E-state index contributed by atoms with van der Waals surface area (Å²) in [6.07, 6.45) is 2.22. The number of carbonyl (C=O) groups is 4. The van der Waals surface area contributed by atoms with Gasteiger partial charge >= 0.3 is 0 Å². The average molecular weight is 860 g/mol. The minimum absolute atomic E-state index is 0.0713. The Morgan fingerprint density at radius 2 is 1.54 bits per heavy atom. The Morgan fingerprint density at radius 3 is 2.16 bits per heavy atom. The number of hydrazine groups is 1. The number of hydrogen-bond acceptors (Lipinski definition) is 11. The van der Waals surface area contributed by atoms with Crippen LogP contribution in [-0.4, -0.2) is 54.9 Å². The van der Waals surface area contributed by atoms with Gasteiger partial charge in [0.15, 0.2) is 0 Å². The standard InChI is InChI=1S/C46H40Cl2N6O7/c1-52(2)29-11-7-27(8-12-29)49-50-28-9-13-30(14-10-28)53-42(56)34-19-18-33-35(40(34)44(53)58)23-36-43(57)54(51-38-20-6-26(47)22-37(38)48)45(59)46(36,25-4-15-31(60-3)16-5-25)41(33)39-21-17-32(24-55)61-39/h4-18,20-22,34-36,40-41,51,55H,19,23-24H2,1-3H3/t34-,35+,36-,40-,41+,46+/m0/s1. The van der Waals surface area contributed by atoms with Crippen molar-refractivity contribution in [3.05, 3.63) is 142 Å². The van der Waals surface area contributed by atoms with Crippen molar-refractivity contribution in [2.75, 3.05) is 36.4 Å². The van der Waals surface area contributed by atoms with Gasteiger partial charge in [-0.2, -0.15) is 15.2 Å². The largest absolute Gasteiger partial charge is 0.497 e. The predicted molar refractivity (Wildman–Crippen MR) is 229 cm³/mol. The summed E-state index contributed by atoms with van der Waals surface area (Å²) in [6.45, 7) is -0.402. The number of furan rings is 1. The summed E-state index contributed by atoms with van der Waals surface area (Å²) in [6, 6.07) is 29.4. The van der Waals surface area contributed by atoms with Crippen LogP contribution >= 0.6 is 23.2 Å². The molecule has 4 aliphatic rings. The fraction of sp³-hybridized carbons (Fsp3) is 0.261. The second-order valence-corrected chi connectivity index (χ2v) is 16.7. The van der Waals surface area contributed by atoms with Crippen LogP contribution in [0.2, 0.25) is 10.0 Å². The molecule has 1 saturated carbocycles. The van der Waals surface area contributed by atoms with Crippen molar-refractivity contribution in [1.82, 2.24) is 5.01 Å². The summed E-state index contributed by atoms with van der Waals surface area (Å²) in [5.41, 5.74) is 5.52. The fourth-order valence-electron chi connectivity index (χ4n) is 9.64. The topological polar surface area (TPSA) is 157 Å². The molecule has 13 nitrogen and oxygen atoms in total. The Labute approximate surface area is 361 Å². The van der Waals surface area contributed by atoms with E-state index in [1.54, 1.807) is 72.8 Å². The lowest BCUT2D eigenvalue weighted by molar-refractivity contribution is -0.138. The Bertz CT molecular complexity index is 2630. The zero-order valence-electron chi connectivity index (χ0n) is 33.3. The summed E-state index contributed by atoms with van der Waals surface area (Å²) in [4.78, 5) is 62.6. The second kappa shape index (κ2) is 15.6. The molecule has 1 aromatic heterocycles. The number of nitrogens with one attached hydrogen (secondary N) is 1. The van der Waals surface area contributed by atoms with Crippen LogP contribution in [0, 0.1) is 23.7 Å². The molecule has 6 atom stereocenters. The van der Waals surface area contributed by atoms with E-state index < -0.39 is 59.3 Å². The van der Waals surface area contributed by atoms with Gasteiger partial charge in [-0.25, -0.2) is 0 Å². The number of rotatable bonds is 10. The lowest BCUT2D eigenvalue weighted by atomic mass is 9.50. The van der Waals surface area contributed by atoms with Crippen LogP contribution in [0.15, 0.2) is 129 Å². The van der Waals surface area contributed by atoms with Gasteiger partial charge in [0, 0.05) is 24.8 Å². The highest BCUT2D eigenvalue weighted by Crippen LogP contribution is 2.64. The quantitative estimate of drug-likeness (QED) is 0.0796. The van der Waals surface area contributed by atoms with Crippen LogP contribution in [0.1, 0.15) is 35.8 Å². The SMILES string of the molecule is COc1ccc([C@@]23C(=O)N(Nc4ccc(Cl)cc4Cl)C(=O)[C@@H]2C[C@@H]2C(=CC[C@@H]4C(=O)N(c5ccc(N=Nc6ccc(N(C)C)cc6)cc5)C(=O)[C@@H]42)[C@@H]3c2ccc(CO)o2)cc1. The number of benzene rings is 4. The monoisotopic (exact) mass is 858 g/mol. The maximum Gasteiger partial charge on any atom is 0.260 e. The van der Waals surface area contributed by atoms with Gasteiger partial charge in [0.05, 0.1) is 58.6 Å². The van der Waals surface area contributed by atoms with Gasteiger partial charge < -0.3 is 19.2 Å². The summed E-state index contributed by atoms with van der Waals surface area (Å²) in [7, 11) is 5.45. The summed E-state index contributed by atoms with van der Waals surface area (Å²) >= 11 is 12.7. The van der Waals surface area contributed by atoms with Crippen LogP contribution in [0.25, 0.3) is 0 Å². The van der Waals surface area contributed by atoms with Crippen molar-refractivity contribution in [3.63, 3.8) is 0 Å². The number of amides is 4. The Morgan fingerprint density at radius 1 is 0.852 bits per heavy atom. The van der Waals surface area contributed by atoms with Crippen LogP contribution in [0.4, 0.5) is 28.4 Å². The van der Waals surface area contributed by atoms with Crippen molar-refractivity contribution in [3.8, 4) is 5.75 Å². The Kier molecular flexibility index (Phi) is 10.3. The van der Waals surface area contributed by atoms with E-state index >= 15 is 4.79 Å². The van der Waals surface area contributed by atoms with E-state index in [1.165, 1.54) is 18.1 Å². The number of anilines is 3. The normalized spacial score (nSPS) is 24.5. The highest BCUT2D eigenvalue weighted by Gasteiger charge is 2.71. The summed E-state index contributed by atoms with van der Waals surface area (Å²) in [5, 5.41) is 20.4. The average Bonchev–Trinajstić information content (AvgIpc) is 3.91. The van der Waals surface area contributed by atoms with Crippen molar-refractivity contribution >= 4 is 75.3 Å². The number of halogens is 2. The minimum Gasteiger partial charge on any atom is -0.497 e. The molecule has 4 amide bonds. The number of methoxy groups -OCH3 is 1.